The highest BCUT2D eigenvalue weighted by Gasteiger charge is 1.93. The van der Waals surface area contributed by atoms with Crippen molar-refractivity contribution in [2.24, 2.45) is 4.99 Å². The number of aliphatic imine (C=N–C) groups is 1. The molecule has 0 bridgehead atoms. The fourth-order valence-electron chi connectivity index (χ4n) is 1.12. The Morgan fingerprint density at radius 2 is 1.81 bits per heavy atom. The van der Waals surface area contributed by atoms with Gasteiger partial charge in [-0.25, -0.2) is 0 Å². The van der Waals surface area contributed by atoms with Gasteiger partial charge in [0.2, 0.25) is 0 Å². The second-order valence-corrected chi connectivity index (χ2v) is 3.35. The van der Waals surface area contributed by atoms with E-state index in [9.17, 15) is 0 Å². The molecular weight excluding hydrogens is 317 g/mol. The molecule has 4 nitrogen and oxygen atoms in total. The van der Waals surface area contributed by atoms with E-state index < -0.39 is 0 Å². The van der Waals surface area contributed by atoms with Gasteiger partial charge in [-0.05, 0) is 19.8 Å². The maximum absolute atomic E-state index is 5.45. The summed E-state index contributed by atoms with van der Waals surface area (Å²) < 4.78 is 5.45. The van der Waals surface area contributed by atoms with Crippen molar-refractivity contribution >= 4 is 29.9 Å². The normalized spacial score (nSPS) is 10.8. The van der Waals surface area contributed by atoms with Crippen molar-refractivity contribution in [2.75, 3.05) is 33.4 Å². The lowest BCUT2D eigenvalue weighted by Crippen LogP contribution is -2.37. The van der Waals surface area contributed by atoms with Crippen molar-refractivity contribution in [1.82, 2.24) is 10.6 Å². The fraction of sp³-hybridized carbons (Fsp3) is 0.909. The van der Waals surface area contributed by atoms with E-state index in [-0.39, 0.29) is 24.0 Å². The fourth-order valence-corrected chi connectivity index (χ4v) is 1.12. The van der Waals surface area contributed by atoms with Gasteiger partial charge in [0.25, 0.3) is 0 Å². The summed E-state index contributed by atoms with van der Waals surface area (Å²) >= 11 is 0. The van der Waals surface area contributed by atoms with Crippen LogP contribution < -0.4 is 10.6 Å². The summed E-state index contributed by atoms with van der Waals surface area (Å²) in [6, 6.07) is 0. The average Bonchev–Trinajstić information content (AvgIpc) is 2.26. The molecule has 0 amide bonds. The van der Waals surface area contributed by atoms with Crippen LogP contribution in [0.3, 0.4) is 0 Å². The summed E-state index contributed by atoms with van der Waals surface area (Å²) in [6.45, 7) is 7.75. The van der Waals surface area contributed by atoms with E-state index in [2.05, 4.69) is 29.5 Å². The number of ether oxygens (including phenoxy) is 1. The van der Waals surface area contributed by atoms with Crippen LogP contribution in [-0.2, 0) is 4.74 Å². The highest BCUT2D eigenvalue weighted by atomic mass is 127. The molecule has 5 heteroatoms. The lowest BCUT2D eigenvalue weighted by molar-refractivity contribution is 0.129. The van der Waals surface area contributed by atoms with Gasteiger partial charge in [0, 0.05) is 33.4 Å². The van der Waals surface area contributed by atoms with Crippen molar-refractivity contribution in [2.45, 2.75) is 33.1 Å². The molecule has 0 fully saturated rings. The summed E-state index contributed by atoms with van der Waals surface area (Å²) in [5.74, 6) is 0.867. The van der Waals surface area contributed by atoms with Crippen LogP contribution in [0.4, 0.5) is 0 Å². The zero-order valence-corrected chi connectivity index (χ0v) is 13.0. The monoisotopic (exact) mass is 343 g/mol. The molecule has 0 unspecified atom stereocenters. The number of unbranched alkanes of at least 4 members (excludes halogenated alkanes) is 1. The highest BCUT2D eigenvalue weighted by Crippen LogP contribution is 1.88. The van der Waals surface area contributed by atoms with Gasteiger partial charge in [0.1, 0.15) is 0 Å². The Morgan fingerprint density at radius 3 is 2.38 bits per heavy atom. The third-order valence-electron chi connectivity index (χ3n) is 1.97. The van der Waals surface area contributed by atoms with Crippen LogP contribution in [0, 0.1) is 0 Å². The molecule has 0 aliphatic carbocycles. The van der Waals surface area contributed by atoms with E-state index in [1.165, 1.54) is 6.42 Å². The smallest absolute Gasteiger partial charge is 0.190 e. The number of hydrogen-bond acceptors (Lipinski definition) is 2. The molecule has 0 rings (SSSR count). The van der Waals surface area contributed by atoms with Crippen LogP contribution in [0.2, 0.25) is 0 Å². The Morgan fingerprint density at radius 1 is 1.12 bits per heavy atom. The maximum atomic E-state index is 5.45. The van der Waals surface area contributed by atoms with Gasteiger partial charge in [-0.2, -0.15) is 0 Å². The molecule has 0 aromatic carbocycles. The molecule has 0 heterocycles. The third-order valence-corrected chi connectivity index (χ3v) is 1.97. The lowest BCUT2D eigenvalue weighted by Gasteiger charge is -2.09. The molecule has 0 saturated heterocycles. The summed E-state index contributed by atoms with van der Waals surface area (Å²) in [6.07, 6.45) is 3.38. The standard InChI is InChI=1S/C11H25N3O.HI/c1-4-6-9-15-10-7-8-14-11(12-3)13-5-2;/h4-10H2,1-3H3,(H2,12,13,14);1H. The van der Waals surface area contributed by atoms with Crippen LogP contribution in [0.25, 0.3) is 0 Å². The van der Waals surface area contributed by atoms with Gasteiger partial charge in [-0.15, -0.1) is 24.0 Å². The van der Waals surface area contributed by atoms with Gasteiger partial charge in [-0.3, -0.25) is 4.99 Å². The molecule has 98 valence electrons. The van der Waals surface area contributed by atoms with Crippen LogP contribution in [0.5, 0.6) is 0 Å². The van der Waals surface area contributed by atoms with Crippen molar-refractivity contribution in [1.29, 1.82) is 0 Å². The van der Waals surface area contributed by atoms with E-state index in [1.54, 1.807) is 7.05 Å². The molecule has 0 saturated carbocycles. The Hall–Kier alpha value is -0.0400. The highest BCUT2D eigenvalue weighted by molar-refractivity contribution is 14.0. The molecular formula is C11H26IN3O. The van der Waals surface area contributed by atoms with Gasteiger partial charge in [-0.1, -0.05) is 13.3 Å². The van der Waals surface area contributed by atoms with Gasteiger partial charge in [0.05, 0.1) is 0 Å². The third kappa shape index (κ3) is 12.0. The second kappa shape index (κ2) is 15.0. The summed E-state index contributed by atoms with van der Waals surface area (Å²) in [4.78, 5) is 4.08. The van der Waals surface area contributed by atoms with Crippen LogP contribution >= 0.6 is 24.0 Å². The number of halogens is 1. The van der Waals surface area contributed by atoms with E-state index in [0.717, 1.165) is 45.1 Å². The first-order valence-corrected chi connectivity index (χ1v) is 5.87. The maximum Gasteiger partial charge on any atom is 0.190 e. The van der Waals surface area contributed by atoms with Crippen molar-refractivity contribution in [3.05, 3.63) is 0 Å². The lowest BCUT2D eigenvalue weighted by atomic mass is 10.4. The Bertz CT molecular complexity index is 165. The van der Waals surface area contributed by atoms with Crippen molar-refractivity contribution < 1.29 is 4.74 Å². The molecule has 0 aromatic heterocycles. The van der Waals surface area contributed by atoms with E-state index in [0.29, 0.717) is 0 Å². The Balaban J connectivity index is 0. The number of hydrogen-bond donors (Lipinski definition) is 2. The minimum atomic E-state index is 0. The molecule has 0 aromatic rings. The summed E-state index contributed by atoms with van der Waals surface area (Å²) in [7, 11) is 1.78. The Labute approximate surface area is 117 Å². The Kier molecular flexibility index (Phi) is 17.1. The topological polar surface area (TPSA) is 45.6 Å². The van der Waals surface area contributed by atoms with Crippen molar-refractivity contribution in [3.63, 3.8) is 0 Å². The molecule has 16 heavy (non-hydrogen) atoms. The minimum absolute atomic E-state index is 0. The number of rotatable bonds is 8. The number of nitrogens with zero attached hydrogens (tertiary/aromatic N) is 1. The molecule has 0 atom stereocenters. The van der Waals surface area contributed by atoms with Crippen molar-refractivity contribution in [3.8, 4) is 0 Å². The van der Waals surface area contributed by atoms with Crippen LogP contribution in [0.15, 0.2) is 4.99 Å². The molecule has 0 aliphatic heterocycles. The van der Waals surface area contributed by atoms with E-state index in [4.69, 9.17) is 4.74 Å². The first-order valence-electron chi connectivity index (χ1n) is 5.87. The van der Waals surface area contributed by atoms with Crippen LogP contribution in [-0.4, -0.2) is 39.3 Å². The largest absolute Gasteiger partial charge is 0.381 e. The second-order valence-electron chi connectivity index (χ2n) is 3.35. The van der Waals surface area contributed by atoms with Gasteiger partial charge < -0.3 is 15.4 Å². The first-order chi connectivity index (χ1) is 7.35. The molecule has 0 radical (unpaired) electrons. The van der Waals surface area contributed by atoms with Gasteiger partial charge in [0.15, 0.2) is 5.96 Å². The van der Waals surface area contributed by atoms with Gasteiger partial charge >= 0.3 is 0 Å². The predicted octanol–water partition coefficient (Wildman–Crippen LogP) is 2.00. The SMILES string of the molecule is CCCCOCCCNC(=NC)NCC.I. The zero-order chi connectivity index (χ0) is 11.4. The minimum Gasteiger partial charge on any atom is -0.381 e. The molecule has 0 spiro atoms. The number of guanidine groups is 1. The van der Waals surface area contributed by atoms with E-state index >= 15 is 0 Å². The predicted molar refractivity (Wildman–Crippen MR) is 80.8 cm³/mol. The first kappa shape index (κ1) is 18.3. The quantitative estimate of drug-likeness (QED) is 0.307. The molecule has 2 N–H and O–H groups in total. The average molecular weight is 343 g/mol. The number of nitrogens with one attached hydrogen (secondary N) is 2. The van der Waals surface area contributed by atoms with E-state index in [1.807, 2.05) is 0 Å². The van der Waals surface area contributed by atoms with Crippen LogP contribution in [0.1, 0.15) is 33.1 Å². The molecule has 0 aliphatic rings. The summed E-state index contributed by atoms with van der Waals surface area (Å²) in [5, 5.41) is 6.36. The summed E-state index contributed by atoms with van der Waals surface area (Å²) in [5.41, 5.74) is 0. The zero-order valence-electron chi connectivity index (χ0n) is 10.7.